The Labute approximate surface area is 196 Å². The summed E-state index contributed by atoms with van der Waals surface area (Å²) in [5.41, 5.74) is 7.72. The lowest BCUT2D eigenvalue weighted by Gasteiger charge is -2.29. The van der Waals surface area contributed by atoms with Crippen LogP contribution in [0.2, 0.25) is 0 Å². The minimum atomic E-state index is -5.08. The van der Waals surface area contributed by atoms with Crippen LogP contribution < -0.4 is 16.4 Å². The minimum absolute atomic E-state index is 0.0652. The molecule has 5 N–H and O–H groups in total. The Kier molecular flexibility index (Phi) is 7.55. The predicted octanol–water partition coefficient (Wildman–Crippen LogP) is 1.90. The quantitative estimate of drug-likeness (QED) is 0.423. The van der Waals surface area contributed by atoms with Crippen molar-refractivity contribution >= 4 is 29.0 Å². The van der Waals surface area contributed by atoms with E-state index in [1.54, 1.807) is 31.6 Å². The number of nitriles is 1. The summed E-state index contributed by atoms with van der Waals surface area (Å²) < 4.78 is 34.7. The van der Waals surface area contributed by atoms with Crippen LogP contribution in [0.25, 0.3) is 5.52 Å². The predicted molar refractivity (Wildman–Crippen MR) is 116 cm³/mol. The zero-order chi connectivity index (χ0) is 25.8. The normalized spacial score (nSPS) is 17.7. The molecule has 3 aromatic heterocycles. The number of hydrogen-bond donors (Lipinski definition) is 4. The highest BCUT2D eigenvalue weighted by Gasteiger charge is 2.38. The van der Waals surface area contributed by atoms with Crippen LogP contribution in [0.5, 0.6) is 0 Å². The SMILES string of the molecule is Cn1cc(NC(=O)c2ccc3cnc(N[C@@H]4CCCC[C@@H]4N)nn23)c(C#N)n1.O=C(O)C(F)(F)F. The second kappa shape index (κ2) is 10.4. The van der Waals surface area contributed by atoms with Gasteiger partial charge < -0.3 is 21.5 Å². The molecule has 2 atom stereocenters. The Morgan fingerprint density at radius 2 is 1.94 bits per heavy atom. The Morgan fingerprint density at radius 3 is 2.57 bits per heavy atom. The third kappa shape index (κ3) is 6.23. The van der Waals surface area contributed by atoms with Crippen LogP contribution in [0.4, 0.5) is 24.8 Å². The maximum atomic E-state index is 12.7. The van der Waals surface area contributed by atoms with Gasteiger partial charge in [-0.2, -0.15) is 23.5 Å². The molecule has 0 aliphatic heterocycles. The molecule has 3 heterocycles. The summed E-state index contributed by atoms with van der Waals surface area (Å²) in [4.78, 5) is 26.0. The molecule has 1 aliphatic rings. The number of aliphatic carboxylic acids is 1. The zero-order valence-electron chi connectivity index (χ0n) is 18.5. The van der Waals surface area contributed by atoms with Crippen LogP contribution >= 0.6 is 0 Å². The number of alkyl halides is 3. The first-order valence-electron chi connectivity index (χ1n) is 10.4. The van der Waals surface area contributed by atoms with Gasteiger partial charge in [0.05, 0.1) is 17.4 Å². The van der Waals surface area contributed by atoms with Crippen molar-refractivity contribution < 1.29 is 27.9 Å². The number of nitrogens with one attached hydrogen (secondary N) is 2. The number of aromatic nitrogens is 5. The smallest absolute Gasteiger partial charge is 0.475 e. The van der Waals surface area contributed by atoms with Crippen molar-refractivity contribution in [1.29, 1.82) is 5.26 Å². The highest BCUT2D eigenvalue weighted by atomic mass is 19.4. The Hall–Kier alpha value is -4.19. The molecule has 186 valence electrons. The average Bonchev–Trinajstić information content (AvgIpc) is 3.37. The van der Waals surface area contributed by atoms with Gasteiger partial charge in [0.15, 0.2) is 5.69 Å². The first-order chi connectivity index (χ1) is 16.5. The maximum absolute atomic E-state index is 12.7. The fourth-order valence-corrected chi connectivity index (χ4v) is 3.49. The van der Waals surface area contributed by atoms with Gasteiger partial charge in [-0.1, -0.05) is 12.8 Å². The van der Waals surface area contributed by atoms with E-state index < -0.39 is 12.1 Å². The number of carbonyl (C=O) groups excluding carboxylic acids is 1. The van der Waals surface area contributed by atoms with E-state index in [4.69, 9.17) is 20.9 Å². The number of rotatable bonds is 4. The summed E-state index contributed by atoms with van der Waals surface area (Å²) in [6.45, 7) is 0. The fourth-order valence-electron chi connectivity index (χ4n) is 3.49. The van der Waals surface area contributed by atoms with E-state index in [-0.39, 0.29) is 23.7 Å². The molecule has 1 fully saturated rings. The van der Waals surface area contributed by atoms with Gasteiger partial charge in [0, 0.05) is 25.3 Å². The summed E-state index contributed by atoms with van der Waals surface area (Å²) in [7, 11) is 1.68. The molecule has 0 radical (unpaired) electrons. The number of nitrogens with zero attached hydrogens (tertiary/aromatic N) is 6. The number of carboxylic acids is 1. The highest BCUT2D eigenvalue weighted by molar-refractivity contribution is 6.04. The second-order valence-corrected chi connectivity index (χ2v) is 7.77. The van der Waals surface area contributed by atoms with Crippen molar-refractivity contribution in [2.75, 3.05) is 10.6 Å². The van der Waals surface area contributed by atoms with Crippen molar-refractivity contribution in [3.8, 4) is 6.07 Å². The lowest BCUT2D eigenvalue weighted by Crippen LogP contribution is -2.43. The highest BCUT2D eigenvalue weighted by Crippen LogP contribution is 2.20. The molecule has 0 spiro atoms. The van der Waals surface area contributed by atoms with E-state index in [1.165, 1.54) is 9.20 Å². The lowest BCUT2D eigenvalue weighted by molar-refractivity contribution is -0.192. The van der Waals surface area contributed by atoms with Gasteiger partial charge in [-0.15, -0.1) is 5.10 Å². The number of anilines is 2. The molecule has 0 unspecified atom stereocenters. The summed E-state index contributed by atoms with van der Waals surface area (Å²) in [6.07, 6.45) is 2.37. The lowest BCUT2D eigenvalue weighted by atomic mass is 9.91. The number of aryl methyl sites for hydroxylation is 1. The molecule has 15 heteroatoms. The van der Waals surface area contributed by atoms with Crippen molar-refractivity contribution in [3.63, 3.8) is 0 Å². The van der Waals surface area contributed by atoms with Crippen LogP contribution in [-0.4, -0.2) is 59.6 Å². The van der Waals surface area contributed by atoms with Gasteiger partial charge in [-0.05, 0) is 25.0 Å². The molecule has 1 saturated carbocycles. The molecule has 35 heavy (non-hydrogen) atoms. The van der Waals surface area contributed by atoms with E-state index >= 15 is 0 Å². The van der Waals surface area contributed by atoms with Gasteiger partial charge in [-0.3, -0.25) is 9.48 Å². The largest absolute Gasteiger partial charge is 0.490 e. The number of carboxylic acid groups (broad SMARTS) is 1. The molecule has 0 bridgehead atoms. The van der Waals surface area contributed by atoms with E-state index in [9.17, 15) is 18.0 Å². The monoisotopic (exact) mass is 493 g/mol. The first kappa shape index (κ1) is 25.4. The topological polar surface area (TPSA) is 176 Å². The van der Waals surface area contributed by atoms with Gasteiger partial charge in [0.25, 0.3) is 5.91 Å². The van der Waals surface area contributed by atoms with Crippen molar-refractivity contribution in [3.05, 3.63) is 35.9 Å². The Balaban J connectivity index is 0.000000429. The third-order valence-corrected chi connectivity index (χ3v) is 5.19. The molecule has 4 rings (SSSR count). The standard InChI is InChI=1S/C18H21N9O.C2HF3O2/c1-26-10-15(14(8-19)24-26)22-17(28)16-7-6-11-9-21-18(25-27(11)16)23-13-5-3-2-4-12(13)20;3-2(4,5)1(6)7/h6-7,9-10,12-13H,2-5,20H2,1H3,(H,22,28)(H,23,25);(H,6,7)/t12-,13+;/m0./s1. The van der Waals surface area contributed by atoms with Crippen LogP contribution in [0.1, 0.15) is 41.9 Å². The fraction of sp³-hybridized carbons (Fsp3) is 0.400. The number of fused-ring (bicyclic) bond motifs is 1. The van der Waals surface area contributed by atoms with Gasteiger partial charge in [0.1, 0.15) is 11.8 Å². The number of nitrogens with two attached hydrogens (primary N) is 1. The van der Waals surface area contributed by atoms with Crippen LogP contribution in [0, 0.1) is 11.3 Å². The molecular formula is C20H22F3N9O3. The van der Waals surface area contributed by atoms with Crippen LogP contribution in [0.15, 0.2) is 24.5 Å². The van der Waals surface area contributed by atoms with E-state index in [0.717, 1.165) is 25.7 Å². The molecule has 12 nitrogen and oxygen atoms in total. The van der Waals surface area contributed by atoms with Crippen molar-refractivity contribution in [1.82, 2.24) is 24.4 Å². The summed E-state index contributed by atoms with van der Waals surface area (Å²) >= 11 is 0. The number of halogens is 3. The van der Waals surface area contributed by atoms with E-state index in [1.807, 2.05) is 6.07 Å². The second-order valence-electron chi connectivity index (χ2n) is 7.77. The molecular weight excluding hydrogens is 471 g/mol. The van der Waals surface area contributed by atoms with E-state index in [2.05, 4.69) is 25.8 Å². The van der Waals surface area contributed by atoms with Crippen LogP contribution in [0.3, 0.4) is 0 Å². The van der Waals surface area contributed by atoms with E-state index in [0.29, 0.717) is 22.8 Å². The Bertz CT molecular complexity index is 1260. The average molecular weight is 493 g/mol. The summed E-state index contributed by atoms with van der Waals surface area (Å²) in [6, 6.07) is 5.57. The first-order valence-corrected chi connectivity index (χ1v) is 10.4. The molecule has 3 aromatic rings. The maximum Gasteiger partial charge on any atom is 0.490 e. The summed E-state index contributed by atoms with van der Waals surface area (Å²) in [5.74, 6) is -2.71. The molecule has 0 aromatic carbocycles. The van der Waals surface area contributed by atoms with Crippen molar-refractivity contribution in [2.24, 2.45) is 12.8 Å². The number of amides is 1. The Morgan fingerprint density at radius 1 is 1.26 bits per heavy atom. The van der Waals surface area contributed by atoms with Crippen LogP contribution in [-0.2, 0) is 11.8 Å². The zero-order valence-corrected chi connectivity index (χ0v) is 18.5. The third-order valence-electron chi connectivity index (χ3n) is 5.19. The number of hydrogen-bond acceptors (Lipinski definition) is 8. The number of carbonyl (C=O) groups is 2. The molecule has 1 aliphatic carbocycles. The van der Waals surface area contributed by atoms with Gasteiger partial charge in [0.2, 0.25) is 5.95 Å². The van der Waals surface area contributed by atoms with Gasteiger partial charge in [-0.25, -0.2) is 14.3 Å². The molecule has 0 saturated heterocycles. The summed E-state index contributed by atoms with van der Waals surface area (Å²) in [5, 5.41) is 30.7. The minimum Gasteiger partial charge on any atom is -0.475 e. The van der Waals surface area contributed by atoms with Crippen molar-refractivity contribution in [2.45, 2.75) is 43.9 Å². The molecule has 1 amide bonds. The van der Waals surface area contributed by atoms with Gasteiger partial charge >= 0.3 is 12.1 Å².